The lowest BCUT2D eigenvalue weighted by molar-refractivity contribution is -0.118. The fourth-order valence-electron chi connectivity index (χ4n) is 2.77. The topological polar surface area (TPSA) is 56.1 Å². The van der Waals surface area contributed by atoms with E-state index in [4.69, 9.17) is 4.74 Å². The van der Waals surface area contributed by atoms with Crippen LogP contribution in [0.3, 0.4) is 0 Å². The van der Waals surface area contributed by atoms with Crippen LogP contribution in [0.5, 0.6) is 5.75 Å². The second-order valence-corrected chi connectivity index (χ2v) is 6.38. The summed E-state index contributed by atoms with van der Waals surface area (Å²) in [7, 11) is 0. The number of hydrogen-bond donors (Lipinski definition) is 1. The summed E-state index contributed by atoms with van der Waals surface area (Å²) in [6.45, 7) is 7.84. The van der Waals surface area contributed by atoms with Crippen molar-refractivity contribution >= 4 is 11.6 Å². The third-order valence-corrected chi connectivity index (χ3v) is 4.40. The highest BCUT2D eigenvalue weighted by molar-refractivity contribution is 5.93. The van der Waals surface area contributed by atoms with Crippen LogP contribution >= 0.6 is 0 Å². The Bertz CT molecular complexity index is 930. The number of carbonyl (C=O) groups excluding carboxylic acids is 1. The number of para-hydroxylation sites is 1. The molecule has 0 unspecified atom stereocenters. The van der Waals surface area contributed by atoms with Crippen molar-refractivity contribution in [3.8, 4) is 11.4 Å². The summed E-state index contributed by atoms with van der Waals surface area (Å²) in [5, 5.41) is 7.45. The molecular formula is C21H23N3O2. The summed E-state index contributed by atoms with van der Waals surface area (Å²) in [6.07, 6.45) is 0. The minimum atomic E-state index is -0.206. The van der Waals surface area contributed by atoms with Gasteiger partial charge in [-0.3, -0.25) is 4.79 Å². The van der Waals surface area contributed by atoms with Gasteiger partial charge in [-0.25, -0.2) is 4.68 Å². The van der Waals surface area contributed by atoms with E-state index < -0.39 is 0 Å². The molecule has 134 valence electrons. The number of amides is 1. The molecule has 0 spiro atoms. The van der Waals surface area contributed by atoms with Crippen molar-refractivity contribution in [1.29, 1.82) is 0 Å². The number of carbonyl (C=O) groups is 1. The maximum Gasteiger partial charge on any atom is 0.262 e. The SMILES string of the molecule is Cc1ccc(OCC(=O)Nc2c(C)nn(-c3ccccc3)c2C)cc1C. The third-order valence-electron chi connectivity index (χ3n) is 4.40. The van der Waals surface area contributed by atoms with E-state index in [0.717, 1.165) is 28.3 Å². The average Bonchev–Trinajstić information content (AvgIpc) is 2.91. The number of aryl methyl sites for hydroxylation is 3. The molecule has 5 heteroatoms. The molecule has 1 heterocycles. The first-order valence-electron chi connectivity index (χ1n) is 8.57. The molecular weight excluding hydrogens is 326 g/mol. The molecule has 26 heavy (non-hydrogen) atoms. The zero-order valence-electron chi connectivity index (χ0n) is 15.5. The molecule has 0 atom stereocenters. The molecule has 1 N–H and O–H groups in total. The van der Waals surface area contributed by atoms with Crippen LogP contribution in [0.15, 0.2) is 48.5 Å². The van der Waals surface area contributed by atoms with Crippen molar-refractivity contribution in [3.05, 3.63) is 71.0 Å². The smallest absolute Gasteiger partial charge is 0.262 e. The van der Waals surface area contributed by atoms with Crippen molar-refractivity contribution in [2.45, 2.75) is 27.7 Å². The fourth-order valence-corrected chi connectivity index (χ4v) is 2.77. The van der Waals surface area contributed by atoms with Crippen molar-refractivity contribution in [2.24, 2.45) is 0 Å². The molecule has 0 aliphatic rings. The third kappa shape index (κ3) is 3.77. The molecule has 0 radical (unpaired) electrons. The quantitative estimate of drug-likeness (QED) is 0.754. The van der Waals surface area contributed by atoms with Gasteiger partial charge in [-0.1, -0.05) is 24.3 Å². The van der Waals surface area contributed by atoms with Crippen LogP contribution in [0.25, 0.3) is 5.69 Å². The van der Waals surface area contributed by atoms with Gasteiger partial charge in [-0.2, -0.15) is 5.10 Å². The number of benzene rings is 2. The van der Waals surface area contributed by atoms with E-state index >= 15 is 0 Å². The van der Waals surface area contributed by atoms with Gasteiger partial charge in [0, 0.05) is 0 Å². The van der Waals surface area contributed by atoms with Crippen molar-refractivity contribution < 1.29 is 9.53 Å². The normalized spacial score (nSPS) is 10.6. The van der Waals surface area contributed by atoms with Gasteiger partial charge >= 0.3 is 0 Å². The Balaban J connectivity index is 1.69. The standard InChI is InChI=1S/C21H23N3O2/c1-14-10-11-19(12-15(14)2)26-13-20(25)22-21-16(3)23-24(17(21)4)18-8-6-5-7-9-18/h5-12H,13H2,1-4H3,(H,22,25). The van der Waals surface area contributed by atoms with Gasteiger partial charge in [-0.15, -0.1) is 0 Å². The molecule has 1 amide bonds. The van der Waals surface area contributed by atoms with Crippen LogP contribution in [0.1, 0.15) is 22.5 Å². The number of rotatable bonds is 5. The van der Waals surface area contributed by atoms with E-state index in [-0.39, 0.29) is 12.5 Å². The predicted octanol–water partition coefficient (Wildman–Crippen LogP) is 4.12. The molecule has 1 aromatic heterocycles. The number of nitrogens with zero attached hydrogens (tertiary/aromatic N) is 2. The van der Waals surface area contributed by atoms with Crippen LogP contribution in [-0.4, -0.2) is 22.3 Å². The van der Waals surface area contributed by atoms with E-state index in [1.165, 1.54) is 5.56 Å². The van der Waals surface area contributed by atoms with E-state index in [1.54, 1.807) is 0 Å². The maximum absolute atomic E-state index is 12.3. The second-order valence-electron chi connectivity index (χ2n) is 6.38. The van der Waals surface area contributed by atoms with Crippen LogP contribution in [0.4, 0.5) is 5.69 Å². The molecule has 3 rings (SSSR count). The molecule has 0 saturated carbocycles. The number of ether oxygens (including phenoxy) is 1. The highest BCUT2D eigenvalue weighted by atomic mass is 16.5. The highest BCUT2D eigenvalue weighted by Gasteiger charge is 2.15. The second kappa shape index (κ2) is 7.44. The number of anilines is 1. The van der Waals surface area contributed by atoms with Crippen LogP contribution in [-0.2, 0) is 4.79 Å². The van der Waals surface area contributed by atoms with Gasteiger partial charge in [0.2, 0.25) is 0 Å². The largest absolute Gasteiger partial charge is 0.484 e. The van der Waals surface area contributed by atoms with Gasteiger partial charge in [-0.05, 0) is 63.1 Å². The Hall–Kier alpha value is -3.08. The first-order valence-corrected chi connectivity index (χ1v) is 8.57. The summed E-state index contributed by atoms with van der Waals surface area (Å²) in [5.74, 6) is 0.485. The summed E-state index contributed by atoms with van der Waals surface area (Å²) in [5.41, 5.74) is 5.67. The maximum atomic E-state index is 12.3. The molecule has 0 bridgehead atoms. The Morgan fingerprint density at radius 1 is 1.04 bits per heavy atom. The summed E-state index contributed by atoms with van der Waals surface area (Å²) >= 11 is 0. The van der Waals surface area contributed by atoms with Gasteiger partial charge in [0.1, 0.15) is 5.75 Å². The number of aromatic nitrogens is 2. The zero-order chi connectivity index (χ0) is 18.7. The van der Waals surface area contributed by atoms with Gasteiger partial charge < -0.3 is 10.1 Å². The minimum absolute atomic E-state index is 0.0438. The van der Waals surface area contributed by atoms with Gasteiger partial charge in [0.05, 0.1) is 22.8 Å². The lowest BCUT2D eigenvalue weighted by Gasteiger charge is -2.10. The highest BCUT2D eigenvalue weighted by Crippen LogP contribution is 2.23. The minimum Gasteiger partial charge on any atom is -0.484 e. The molecule has 2 aromatic carbocycles. The van der Waals surface area contributed by atoms with Crippen LogP contribution < -0.4 is 10.1 Å². The van der Waals surface area contributed by atoms with E-state index in [1.807, 2.05) is 80.9 Å². The zero-order valence-corrected chi connectivity index (χ0v) is 15.5. The van der Waals surface area contributed by atoms with Crippen molar-refractivity contribution in [3.63, 3.8) is 0 Å². The van der Waals surface area contributed by atoms with Gasteiger partial charge in [0.15, 0.2) is 6.61 Å². The van der Waals surface area contributed by atoms with Crippen molar-refractivity contribution in [2.75, 3.05) is 11.9 Å². The monoisotopic (exact) mass is 349 g/mol. The average molecular weight is 349 g/mol. The predicted molar refractivity (Wildman–Crippen MR) is 103 cm³/mol. The molecule has 0 fully saturated rings. The summed E-state index contributed by atoms with van der Waals surface area (Å²) < 4.78 is 7.44. The number of hydrogen-bond acceptors (Lipinski definition) is 3. The van der Waals surface area contributed by atoms with E-state index in [0.29, 0.717) is 5.75 Å². The summed E-state index contributed by atoms with van der Waals surface area (Å²) in [6, 6.07) is 15.6. The Labute approximate surface area is 153 Å². The molecule has 0 saturated heterocycles. The molecule has 0 aliphatic carbocycles. The van der Waals surface area contributed by atoms with Crippen LogP contribution in [0, 0.1) is 27.7 Å². The lowest BCUT2D eigenvalue weighted by Crippen LogP contribution is -2.21. The van der Waals surface area contributed by atoms with Crippen molar-refractivity contribution in [1.82, 2.24) is 9.78 Å². The molecule has 0 aliphatic heterocycles. The Kier molecular flexibility index (Phi) is 5.07. The first kappa shape index (κ1) is 17.7. The Morgan fingerprint density at radius 3 is 2.46 bits per heavy atom. The number of nitrogens with one attached hydrogen (secondary N) is 1. The molecule has 3 aromatic rings. The Morgan fingerprint density at radius 2 is 1.77 bits per heavy atom. The van der Waals surface area contributed by atoms with Crippen LogP contribution in [0.2, 0.25) is 0 Å². The summed E-state index contributed by atoms with van der Waals surface area (Å²) in [4.78, 5) is 12.3. The first-order chi connectivity index (χ1) is 12.5. The van der Waals surface area contributed by atoms with E-state index in [2.05, 4.69) is 10.4 Å². The fraction of sp³-hybridized carbons (Fsp3) is 0.238. The molecule has 5 nitrogen and oxygen atoms in total. The van der Waals surface area contributed by atoms with E-state index in [9.17, 15) is 4.79 Å². The lowest BCUT2D eigenvalue weighted by atomic mass is 10.1. The van der Waals surface area contributed by atoms with Gasteiger partial charge in [0.25, 0.3) is 5.91 Å².